The highest BCUT2D eigenvalue weighted by Gasteiger charge is 2.16. The highest BCUT2D eigenvalue weighted by atomic mass is 35.5. The number of carbonyl (C=O) groups is 1. The zero-order valence-electron chi connectivity index (χ0n) is 14.2. The summed E-state index contributed by atoms with van der Waals surface area (Å²) in [5.41, 5.74) is 1.12. The van der Waals surface area contributed by atoms with Gasteiger partial charge in [0.05, 0.1) is 20.4 Å². The van der Waals surface area contributed by atoms with Crippen LogP contribution in [0.25, 0.3) is 11.3 Å². The van der Waals surface area contributed by atoms with Crippen LogP contribution in [-0.4, -0.2) is 25.2 Å². The van der Waals surface area contributed by atoms with E-state index in [0.717, 1.165) is 5.56 Å². The molecule has 3 aromatic rings. The molecule has 0 N–H and O–H groups in total. The normalized spacial score (nSPS) is 10.4. The first kappa shape index (κ1) is 17.8. The van der Waals surface area contributed by atoms with Gasteiger partial charge < -0.3 is 18.6 Å². The van der Waals surface area contributed by atoms with Crippen molar-refractivity contribution in [3.05, 3.63) is 65.1 Å². The predicted octanol–water partition coefficient (Wildman–Crippen LogP) is 4.37. The predicted molar refractivity (Wildman–Crippen MR) is 95.6 cm³/mol. The number of methoxy groups -OCH3 is 2. The van der Waals surface area contributed by atoms with Crippen LogP contribution in [0.1, 0.15) is 16.2 Å². The van der Waals surface area contributed by atoms with E-state index in [9.17, 15) is 4.79 Å². The second-order valence-corrected chi connectivity index (χ2v) is 5.70. The van der Waals surface area contributed by atoms with E-state index in [1.165, 1.54) is 14.2 Å². The molecule has 6 nitrogen and oxygen atoms in total. The average molecular weight is 374 g/mol. The molecule has 7 heteroatoms. The van der Waals surface area contributed by atoms with Gasteiger partial charge in [0.25, 0.3) is 0 Å². The minimum Gasteiger partial charge on any atom is -0.497 e. The fraction of sp³-hybridized carbons (Fsp3) is 0.158. The molecular formula is C19H16ClNO5. The first-order valence-corrected chi connectivity index (χ1v) is 8.08. The number of rotatable bonds is 6. The summed E-state index contributed by atoms with van der Waals surface area (Å²) in [7, 11) is 3.01. The van der Waals surface area contributed by atoms with E-state index in [-0.39, 0.29) is 18.1 Å². The van der Waals surface area contributed by atoms with Crippen LogP contribution in [0.3, 0.4) is 0 Å². The van der Waals surface area contributed by atoms with Gasteiger partial charge >= 0.3 is 5.97 Å². The second kappa shape index (κ2) is 7.93. The van der Waals surface area contributed by atoms with Gasteiger partial charge in [0.2, 0.25) is 5.89 Å². The number of oxazole rings is 1. The van der Waals surface area contributed by atoms with Crippen molar-refractivity contribution < 1.29 is 23.4 Å². The minimum atomic E-state index is -0.546. The molecule has 0 aliphatic carbocycles. The summed E-state index contributed by atoms with van der Waals surface area (Å²) in [6.45, 7) is -0.0956. The Morgan fingerprint density at radius 1 is 1.12 bits per heavy atom. The maximum absolute atomic E-state index is 12.3. The van der Waals surface area contributed by atoms with Crippen LogP contribution in [0.4, 0.5) is 0 Å². The van der Waals surface area contributed by atoms with Gasteiger partial charge in [-0.15, -0.1) is 0 Å². The van der Waals surface area contributed by atoms with Gasteiger partial charge in [-0.1, -0.05) is 11.6 Å². The van der Waals surface area contributed by atoms with E-state index in [4.69, 9.17) is 30.2 Å². The molecule has 3 rings (SSSR count). The number of ether oxygens (including phenoxy) is 3. The molecule has 0 saturated heterocycles. The lowest BCUT2D eigenvalue weighted by Crippen LogP contribution is -2.07. The first-order valence-electron chi connectivity index (χ1n) is 7.70. The van der Waals surface area contributed by atoms with Gasteiger partial charge in [0.1, 0.15) is 17.1 Å². The maximum atomic E-state index is 12.3. The molecule has 0 amide bonds. The summed E-state index contributed by atoms with van der Waals surface area (Å²) < 4.78 is 21.2. The first-order chi connectivity index (χ1) is 12.6. The molecule has 0 atom stereocenters. The SMILES string of the molecule is COc1ccc(C(=O)OCc2ncc(-c3ccc(Cl)cc3)o2)c(OC)c1. The fourth-order valence-corrected chi connectivity index (χ4v) is 2.42. The van der Waals surface area contributed by atoms with E-state index in [1.54, 1.807) is 36.5 Å². The lowest BCUT2D eigenvalue weighted by atomic mass is 10.2. The Morgan fingerprint density at radius 2 is 1.88 bits per heavy atom. The molecule has 134 valence electrons. The quantitative estimate of drug-likeness (QED) is 0.597. The summed E-state index contributed by atoms with van der Waals surface area (Å²) in [6.07, 6.45) is 1.57. The van der Waals surface area contributed by atoms with Gasteiger partial charge in [-0.2, -0.15) is 0 Å². The van der Waals surface area contributed by atoms with Gasteiger partial charge in [-0.05, 0) is 36.4 Å². The number of benzene rings is 2. The summed E-state index contributed by atoms with van der Waals surface area (Å²) in [5, 5.41) is 0.635. The number of nitrogens with zero attached hydrogens (tertiary/aromatic N) is 1. The second-order valence-electron chi connectivity index (χ2n) is 5.27. The van der Waals surface area contributed by atoms with Crippen LogP contribution in [0, 0.1) is 0 Å². The van der Waals surface area contributed by atoms with Gasteiger partial charge in [0.15, 0.2) is 12.4 Å². The molecule has 26 heavy (non-hydrogen) atoms. The Balaban J connectivity index is 1.68. The average Bonchev–Trinajstić information content (AvgIpc) is 3.15. The van der Waals surface area contributed by atoms with E-state index < -0.39 is 5.97 Å². The van der Waals surface area contributed by atoms with E-state index in [0.29, 0.717) is 22.3 Å². The molecule has 0 aliphatic heterocycles. The standard InChI is InChI=1S/C19H16ClNO5/c1-23-14-7-8-15(16(9-14)24-2)19(22)25-11-18-21-10-17(26-18)12-3-5-13(20)6-4-12/h3-10H,11H2,1-2H3. The van der Waals surface area contributed by atoms with Gasteiger partial charge in [-0.25, -0.2) is 9.78 Å². The molecule has 0 unspecified atom stereocenters. The van der Waals surface area contributed by atoms with Crippen molar-refractivity contribution in [3.63, 3.8) is 0 Å². The Hall–Kier alpha value is -2.99. The van der Waals surface area contributed by atoms with E-state index in [1.807, 2.05) is 12.1 Å². The topological polar surface area (TPSA) is 70.8 Å². The van der Waals surface area contributed by atoms with Crippen molar-refractivity contribution in [1.82, 2.24) is 4.98 Å². The summed E-state index contributed by atoms with van der Waals surface area (Å²) in [6, 6.07) is 12.0. The lowest BCUT2D eigenvalue weighted by molar-refractivity contribution is 0.0435. The highest BCUT2D eigenvalue weighted by Crippen LogP contribution is 2.26. The lowest BCUT2D eigenvalue weighted by Gasteiger charge is -2.09. The molecule has 0 saturated carbocycles. The maximum Gasteiger partial charge on any atom is 0.342 e. The highest BCUT2D eigenvalue weighted by molar-refractivity contribution is 6.30. The Bertz CT molecular complexity index is 905. The van der Waals surface area contributed by atoms with E-state index >= 15 is 0 Å². The number of esters is 1. The number of halogens is 1. The molecule has 0 aliphatic rings. The molecule has 0 spiro atoms. The number of carbonyl (C=O) groups excluding carboxylic acids is 1. The molecule has 0 fully saturated rings. The largest absolute Gasteiger partial charge is 0.497 e. The minimum absolute atomic E-state index is 0.0956. The smallest absolute Gasteiger partial charge is 0.342 e. The summed E-state index contributed by atoms with van der Waals surface area (Å²) in [4.78, 5) is 16.4. The fourth-order valence-electron chi connectivity index (χ4n) is 2.30. The van der Waals surface area contributed by atoms with Gasteiger partial charge in [-0.3, -0.25) is 0 Å². The summed E-state index contributed by atoms with van der Waals surface area (Å²) in [5.74, 6) is 1.25. The van der Waals surface area contributed by atoms with Crippen LogP contribution in [0.15, 0.2) is 53.1 Å². The Morgan fingerprint density at radius 3 is 2.58 bits per heavy atom. The van der Waals surface area contributed by atoms with Crippen molar-refractivity contribution >= 4 is 17.6 Å². The zero-order valence-corrected chi connectivity index (χ0v) is 14.9. The molecule has 0 radical (unpaired) electrons. The molecule has 1 heterocycles. The van der Waals surface area contributed by atoms with Gasteiger partial charge in [0, 0.05) is 16.7 Å². The van der Waals surface area contributed by atoms with Crippen LogP contribution in [-0.2, 0) is 11.3 Å². The molecular weight excluding hydrogens is 358 g/mol. The molecule has 0 bridgehead atoms. The summed E-state index contributed by atoms with van der Waals surface area (Å²) >= 11 is 5.87. The third-order valence-corrected chi connectivity index (χ3v) is 3.89. The van der Waals surface area contributed by atoms with Crippen LogP contribution in [0.2, 0.25) is 5.02 Å². The van der Waals surface area contributed by atoms with Crippen molar-refractivity contribution in [2.75, 3.05) is 14.2 Å². The number of hydrogen-bond acceptors (Lipinski definition) is 6. The van der Waals surface area contributed by atoms with Crippen LogP contribution < -0.4 is 9.47 Å². The van der Waals surface area contributed by atoms with Crippen LogP contribution >= 0.6 is 11.6 Å². The number of hydrogen-bond donors (Lipinski definition) is 0. The molecule has 1 aromatic heterocycles. The van der Waals surface area contributed by atoms with Crippen molar-refractivity contribution in [2.24, 2.45) is 0 Å². The third kappa shape index (κ3) is 3.97. The monoisotopic (exact) mass is 373 g/mol. The third-order valence-electron chi connectivity index (χ3n) is 3.64. The number of aromatic nitrogens is 1. The Labute approximate surface area is 155 Å². The van der Waals surface area contributed by atoms with E-state index in [2.05, 4.69) is 4.98 Å². The molecule has 2 aromatic carbocycles. The zero-order chi connectivity index (χ0) is 18.5. The van der Waals surface area contributed by atoms with Crippen molar-refractivity contribution in [3.8, 4) is 22.8 Å². The van der Waals surface area contributed by atoms with Crippen molar-refractivity contribution in [2.45, 2.75) is 6.61 Å². The van der Waals surface area contributed by atoms with Crippen molar-refractivity contribution in [1.29, 1.82) is 0 Å². The van der Waals surface area contributed by atoms with Crippen LogP contribution in [0.5, 0.6) is 11.5 Å². The Kier molecular flexibility index (Phi) is 5.43.